The van der Waals surface area contributed by atoms with Crippen molar-refractivity contribution in [1.29, 1.82) is 0 Å². The highest BCUT2D eigenvalue weighted by Crippen LogP contribution is 2.30. The minimum atomic E-state index is 0.879. The second-order valence-corrected chi connectivity index (χ2v) is 4.86. The van der Waals surface area contributed by atoms with Gasteiger partial charge in [-0.15, -0.1) is 11.3 Å². The van der Waals surface area contributed by atoms with Gasteiger partial charge in [0.05, 0.1) is 23.8 Å². The average Bonchev–Trinajstić information content (AvgIpc) is 2.76. The summed E-state index contributed by atoms with van der Waals surface area (Å²) >= 11 is 1.78. The van der Waals surface area contributed by atoms with E-state index in [0.717, 1.165) is 23.9 Å². The van der Waals surface area contributed by atoms with Crippen molar-refractivity contribution in [1.82, 2.24) is 9.97 Å². The summed E-state index contributed by atoms with van der Waals surface area (Å²) < 4.78 is 0. The smallest absolute Gasteiger partial charge is 0.129 e. The monoisotopic (exact) mass is 216 g/mol. The molecule has 2 aromatic rings. The van der Waals surface area contributed by atoms with Crippen molar-refractivity contribution >= 4 is 17.2 Å². The second-order valence-electron chi connectivity index (χ2n) is 3.57. The number of aromatic nitrogens is 2. The van der Waals surface area contributed by atoms with Crippen LogP contribution in [-0.2, 0) is 13.1 Å². The fraction of sp³-hybridized carbons (Fsp3) is 0.273. The maximum absolute atomic E-state index is 4.51. The molecule has 0 saturated heterocycles. The quantitative estimate of drug-likeness (QED) is 0.731. The largest absolute Gasteiger partial charge is 0.345 e. The Bertz CT molecular complexity index is 454. The molecule has 3 heterocycles. The summed E-state index contributed by atoms with van der Waals surface area (Å²) in [6, 6.07) is 6.78. The van der Waals surface area contributed by atoms with E-state index in [2.05, 4.69) is 27.9 Å². The molecule has 0 saturated carbocycles. The van der Waals surface area contributed by atoms with Crippen LogP contribution >= 0.6 is 11.3 Å². The number of hydrogen-bond acceptors (Lipinski definition) is 4. The van der Waals surface area contributed by atoms with E-state index in [9.17, 15) is 0 Å². The number of hydrogen-bond donors (Lipinski definition) is 0. The fourth-order valence-electron chi connectivity index (χ4n) is 1.82. The molecule has 1 radical (unpaired) electrons. The summed E-state index contributed by atoms with van der Waals surface area (Å²) in [5.74, 6) is 0.986. The predicted octanol–water partition coefficient (Wildman–Crippen LogP) is 2.17. The van der Waals surface area contributed by atoms with Gasteiger partial charge in [-0.05, 0) is 25.1 Å². The number of nitrogens with zero attached hydrogens (tertiary/aromatic N) is 3. The third-order valence-electron chi connectivity index (χ3n) is 2.47. The van der Waals surface area contributed by atoms with Crippen LogP contribution in [0.25, 0.3) is 0 Å². The first kappa shape index (κ1) is 8.85. The van der Waals surface area contributed by atoms with E-state index in [-0.39, 0.29) is 0 Å². The van der Waals surface area contributed by atoms with Crippen LogP contribution < -0.4 is 4.90 Å². The molecule has 0 aliphatic carbocycles. The summed E-state index contributed by atoms with van der Waals surface area (Å²) in [7, 11) is 0. The molecule has 0 fully saturated rings. The van der Waals surface area contributed by atoms with Crippen molar-refractivity contribution < 1.29 is 0 Å². The summed E-state index contributed by atoms with van der Waals surface area (Å²) in [6.07, 6.45) is 1.78. The molecule has 75 valence electrons. The van der Waals surface area contributed by atoms with Crippen LogP contribution in [0, 0.1) is 13.0 Å². The van der Waals surface area contributed by atoms with E-state index in [4.69, 9.17) is 0 Å². The van der Waals surface area contributed by atoms with Crippen LogP contribution in [0.2, 0.25) is 0 Å². The summed E-state index contributed by atoms with van der Waals surface area (Å²) in [6.45, 7) is 3.87. The Labute approximate surface area is 92.4 Å². The van der Waals surface area contributed by atoms with Crippen LogP contribution in [0.15, 0.2) is 18.3 Å². The van der Waals surface area contributed by atoms with E-state index >= 15 is 0 Å². The summed E-state index contributed by atoms with van der Waals surface area (Å²) in [5, 5.41) is 1.16. The van der Waals surface area contributed by atoms with Gasteiger partial charge in [0.2, 0.25) is 0 Å². The normalized spacial score (nSPS) is 14.3. The Balaban J connectivity index is 1.88. The first-order valence-electron chi connectivity index (χ1n) is 4.85. The van der Waals surface area contributed by atoms with Crippen molar-refractivity contribution in [2.45, 2.75) is 20.0 Å². The van der Waals surface area contributed by atoms with Gasteiger partial charge in [-0.1, -0.05) is 0 Å². The molecule has 0 N–H and O–H groups in total. The van der Waals surface area contributed by atoms with Crippen LogP contribution in [0.1, 0.15) is 15.6 Å². The molecule has 15 heavy (non-hydrogen) atoms. The lowest BCUT2D eigenvalue weighted by Gasteiger charge is -2.15. The number of pyridine rings is 1. The predicted molar refractivity (Wildman–Crippen MR) is 59.8 cm³/mol. The zero-order chi connectivity index (χ0) is 10.3. The van der Waals surface area contributed by atoms with E-state index in [0.29, 0.717) is 0 Å². The van der Waals surface area contributed by atoms with Gasteiger partial charge in [0.25, 0.3) is 0 Å². The second kappa shape index (κ2) is 3.31. The van der Waals surface area contributed by atoms with Crippen LogP contribution in [0.3, 0.4) is 0 Å². The van der Waals surface area contributed by atoms with Gasteiger partial charge in [-0.25, -0.2) is 9.97 Å². The number of rotatable bonds is 1. The number of thiazole rings is 1. The minimum absolute atomic E-state index is 0.879. The first-order chi connectivity index (χ1) is 7.33. The fourth-order valence-corrected chi connectivity index (χ4v) is 2.78. The average molecular weight is 216 g/mol. The molecule has 3 rings (SSSR count). The van der Waals surface area contributed by atoms with Gasteiger partial charge in [-0.2, -0.15) is 0 Å². The Kier molecular flexibility index (Phi) is 1.95. The highest BCUT2D eigenvalue weighted by molar-refractivity contribution is 7.11. The van der Waals surface area contributed by atoms with E-state index < -0.39 is 0 Å². The van der Waals surface area contributed by atoms with Gasteiger partial charge >= 0.3 is 0 Å². The third-order valence-corrected chi connectivity index (χ3v) is 3.47. The highest BCUT2D eigenvalue weighted by Gasteiger charge is 2.23. The summed E-state index contributed by atoms with van der Waals surface area (Å²) in [4.78, 5) is 12.4. The molecular weight excluding hydrogens is 206 g/mol. The van der Waals surface area contributed by atoms with Crippen molar-refractivity contribution in [3.63, 3.8) is 0 Å². The van der Waals surface area contributed by atoms with Crippen LogP contribution in [0.5, 0.6) is 0 Å². The first-order valence-corrected chi connectivity index (χ1v) is 5.67. The zero-order valence-electron chi connectivity index (χ0n) is 8.40. The Hall–Kier alpha value is -1.42. The van der Waals surface area contributed by atoms with Gasteiger partial charge < -0.3 is 4.90 Å². The number of aryl methyl sites for hydroxylation is 1. The standard InChI is InChI=1S/C11H10N3S/c1-8-13-9-6-14(7-10(9)15-8)11-4-2-3-5-12-11/h3-5H,6-7H2,1H3. The molecule has 1 aliphatic heterocycles. The lowest BCUT2D eigenvalue weighted by atomic mass is 10.4. The zero-order valence-corrected chi connectivity index (χ0v) is 9.21. The molecule has 0 unspecified atom stereocenters. The topological polar surface area (TPSA) is 29.0 Å². The van der Waals surface area contributed by atoms with Gasteiger partial charge in [0.1, 0.15) is 5.82 Å². The lowest BCUT2D eigenvalue weighted by molar-refractivity contribution is 0.846. The van der Waals surface area contributed by atoms with Crippen molar-refractivity contribution in [2.24, 2.45) is 0 Å². The van der Waals surface area contributed by atoms with Gasteiger partial charge in [0.15, 0.2) is 0 Å². The van der Waals surface area contributed by atoms with Crippen molar-refractivity contribution in [3.05, 3.63) is 40.0 Å². The highest BCUT2D eigenvalue weighted by atomic mass is 32.1. The van der Waals surface area contributed by atoms with Crippen LogP contribution in [0.4, 0.5) is 5.82 Å². The molecule has 0 amide bonds. The molecule has 3 nitrogen and oxygen atoms in total. The summed E-state index contributed by atoms with van der Waals surface area (Å²) in [5.41, 5.74) is 1.21. The Morgan fingerprint density at radius 2 is 2.40 bits per heavy atom. The van der Waals surface area contributed by atoms with Crippen molar-refractivity contribution in [2.75, 3.05) is 4.90 Å². The maximum atomic E-state index is 4.51. The van der Waals surface area contributed by atoms with Gasteiger partial charge in [-0.3, -0.25) is 0 Å². The minimum Gasteiger partial charge on any atom is -0.345 e. The SMILES string of the molecule is Cc1nc2c(s1)CN(c1c[c]ccn1)C2. The molecule has 0 bridgehead atoms. The molecule has 0 atom stereocenters. The Morgan fingerprint density at radius 3 is 3.13 bits per heavy atom. The van der Waals surface area contributed by atoms with E-state index in [1.807, 2.05) is 12.1 Å². The molecule has 0 spiro atoms. The van der Waals surface area contributed by atoms with Crippen LogP contribution in [-0.4, -0.2) is 9.97 Å². The number of fused-ring (bicyclic) bond motifs is 1. The third kappa shape index (κ3) is 1.51. The molecular formula is C11H10N3S. The Morgan fingerprint density at radius 1 is 1.47 bits per heavy atom. The van der Waals surface area contributed by atoms with E-state index in [1.54, 1.807) is 17.5 Å². The lowest BCUT2D eigenvalue weighted by Crippen LogP contribution is -2.16. The molecule has 1 aliphatic rings. The number of anilines is 1. The van der Waals surface area contributed by atoms with Crippen molar-refractivity contribution in [3.8, 4) is 0 Å². The van der Waals surface area contributed by atoms with Gasteiger partial charge in [0, 0.05) is 11.1 Å². The maximum Gasteiger partial charge on any atom is 0.129 e. The molecule has 4 heteroatoms. The molecule has 0 aromatic carbocycles. The molecule has 2 aromatic heterocycles. The van der Waals surface area contributed by atoms with E-state index in [1.165, 1.54) is 10.6 Å².